The molecule has 3 heteroatoms. The molecule has 1 nitrogen and oxygen atoms in total. The lowest BCUT2D eigenvalue weighted by molar-refractivity contribution is -0.143. The van der Waals surface area contributed by atoms with E-state index in [0.717, 1.165) is 41.5 Å². The van der Waals surface area contributed by atoms with E-state index in [4.69, 9.17) is 0 Å². The van der Waals surface area contributed by atoms with E-state index >= 15 is 0 Å². The van der Waals surface area contributed by atoms with Gasteiger partial charge in [0.25, 0.3) is 0 Å². The predicted octanol–water partition coefficient (Wildman–Crippen LogP) is 4.92. The highest BCUT2D eigenvalue weighted by atomic mass is 79.9. The number of hydrogen-bond donors (Lipinski definition) is 0. The average molecular weight is 351 g/mol. The highest BCUT2D eigenvalue weighted by Crippen LogP contribution is 2.60. The van der Waals surface area contributed by atoms with Crippen LogP contribution in [0.25, 0.3) is 0 Å². The maximum absolute atomic E-state index is 14.0. The Hall–Kier alpha value is -0.700. The van der Waals surface area contributed by atoms with Gasteiger partial charge in [0.15, 0.2) is 0 Å². The first kappa shape index (κ1) is 13.9. The van der Waals surface area contributed by atoms with Gasteiger partial charge in [-0.15, -0.1) is 0 Å². The van der Waals surface area contributed by atoms with Crippen molar-refractivity contribution < 1.29 is 9.18 Å². The van der Waals surface area contributed by atoms with Crippen LogP contribution in [0.2, 0.25) is 0 Å². The number of rotatable bonds is 3. The lowest BCUT2D eigenvalue weighted by atomic mass is 9.48. The van der Waals surface area contributed by atoms with Gasteiger partial charge in [-0.1, -0.05) is 22.0 Å². The van der Waals surface area contributed by atoms with Gasteiger partial charge in [0, 0.05) is 16.3 Å². The van der Waals surface area contributed by atoms with Crippen LogP contribution in [0.4, 0.5) is 4.39 Å². The Labute approximate surface area is 133 Å². The second-order valence-electron chi connectivity index (χ2n) is 7.53. The van der Waals surface area contributed by atoms with Crippen LogP contribution in [0.3, 0.4) is 0 Å². The molecule has 0 unspecified atom stereocenters. The van der Waals surface area contributed by atoms with Gasteiger partial charge in [-0.25, -0.2) is 4.39 Å². The lowest BCUT2D eigenvalue weighted by Gasteiger charge is -2.56. The van der Waals surface area contributed by atoms with Crippen LogP contribution in [0.15, 0.2) is 22.7 Å². The van der Waals surface area contributed by atoms with Crippen molar-refractivity contribution in [3.63, 3.8) is 0 Å². The Kier molecular flexibility index (Phi) is 3.25. The third-order valence-corrected chi connectivity index (χ3v) is 6.49. The van der Waals surface area contributed by atoms with Gasteiger partial charge in [0.2, 0.25) is 0 Å². The number of benzene rings is 1. The molecule has 0 N–H and O–H groups in total. The lowest BCUT2D eigenvalue weighted by Crippen LogP contribution is -2.50. The topological polar surface area (TPSA) is 17.1 Å². The van der Waals surface area contributed by atoms with Crippen LogP contribution in [0.5, 0.6) is 0 Å². The Bertz CT molecular complexity index is 560. The minimum atomic E-state index is -0.262. The summed E-state index contributed by atoms with van der Waals surface area (Å²) in [6.07, 6.45) is 7.46. The van der Waals surface area contributed by atoms with Crippen molar-refractivity contribution in [3.8, 4) is 0 Å². The molecule has 4 bridgehead atoms. The first-order chi connectivity index (χ1) is 10.0. The van der Waals surface area contributed by atoms with E-state index in [1.165, 1.54) is 25.3 Å². The highest BCUT2D eigenvalue weighted by molar-refractivity contribution is 9.10. The summed E-state index contributed by atoms with van der Waals surface area (Å²) in [6, 6.07) is 5.03. The molecule has 0 saturated heterocycles. The summed E-state index contributed by atoms with van der Waals surface area (Å²) in [4.78, 5) is 12.9. The van der Waals surface area contributed by atoms with Gasteiger partial charge >= 0.3 is 0 Å². The van der Waals surface area contributed by atoms with Gasteiger partial charge in [-0.05, 0) is 74.0 Å². The van der Waals surface area contributed by atoms with Crippen LogP contribution in [-0.2, 0) is 11.2 Å². The molecule has 21 heavy (non-hydrogen) atoms. The van der Waals surface area contributed by atoms with Gasteiger partial charge < -0.3 is 0 Å². The SMILES string of the molecule is O=C(Cc1ccc(Br)cc1F)C12CC3CC(CC(C3)C1)C2. The fraction of sp³-hybridized carbons (Fsp3) is 0.611. The maximum Gasteiger partial charge on any atom is 0.143 e. The van der Waals surface area contributed by atoms with E-state index in [1.54, 1.807) is 6.07 Å². The minimum absolute atomic E-state index is 0.117. The van der Waals surface area contributed by atoms with Gasteiger partial charge in [0.1, 0.15) is 11.6 Å². The van der Waals surface area contributed by atoms with E-state index in [0.29, 0.717) is 11.3 Å². The van der Waals surface area contributed by atoms with Crippen LogP contribution >= 0.6 is 15.9 Å². The molecule has 4 aliphatic rings. The fourth-order valence-electron chi connectivity index (χ4n) is 5.48. The predicted molar refractivity (Wildman–Crippen MR) is 83.4 cm³/mol. The number of hydrogen-bond acceptors (Lipinski definition) is 1. The van der Waals surface area contributed by atoms with E-state index in [-0.39, 0.29) is 17.7 Å². The minimum Gasteiger partial charge on any atom is -0.299 e. The third kappa shape index (κ3) is 2.38. The van der Waals surface area contributed by atoms with E-state index in [1.807, 2.05) is 6.07 Å². The van der Waals surface area contributed by atoms with Gasteiger partial charge in [-0.2, -0.15) is 0 Å². The molecule has 0 atom stereocenters. The number of Topliss-reactive ketones (excluding diaryl/α,β-unsaturated/α-hetero) is 1. The molecular formula is C18H20BrFO. The molecule has 1 aromatic rings. The Morgan fingerprint density at radius 1 is 1.14 bits per heavy atom. The Morgan fingerprint density at radius 2 is 1.71 bits per heavy atom. The molecule has 0 amide bonds. The van der Waals surface area contributed by atoms with E-state index in [9.17, 15) is 9.18 Å². The summed E-state index contributed by atoms with van der Waals surface area (Å²) >= 11 is 3.27. The van der Waals surface area contributed by atoms with Crippen molar-refractivity contribution >= 4 is 21.7 Å². The number of ketones is 1. The smallest absolute Gasteiger partial charge is 0.143 e. The number of carbonyl (C=O) groups is 1. The molecular weight excluding hydrogens is 331 g/mol. The van der Waals surface area contributed by atoms with Crippen LogP contribution < -0.4 is 0 Å². The molecule has 0 heterocycles. The number of halogens is 2. The monoisotopic (exact) mass is 350 g/mol. The van der Waals surface area contributed by atoms with Gasteiger partial charge in [-0.3, -0.25) is 4.79 Å². The molecule has 0 radical (unpaired) electrons. The summed E-state index contributed by atoms with van der Waals surface area (Å²) in [5.74, 6) is 2.31. The fourth-order valence-corrected chi connectivity index (χ4v) is 5.81. The highest BCUT2D eigenvalue weighted by Gasteiger charge is 2.54. The van der Waals surface area contributed by atoms with Crippen molar-refractivity contribution in [1.82, 2.24) is 0 Å². The zero-order chi connectivity index (χ0) is 14.6. The molecule has 0 spiro atoms. The van der Waals surface area contributed by atoms with Gasteiger partial charge in [0.05, 0.1) is 0 Å². The molecule has 0 aromatic heterocycles. The summed E-state index contributed by atoms with van der Waals surface area (Å²) in [7, 11) is 0. The van der Waals surface area contributed by atoms with Crippen LogP contribution in [-0.4, -0.2) is 5.78 Å². The van der Waals surface area contributed by atoms with Crippen molar-refractivity contribution in [3.05, 3.63) is 34.1 Å². The first-order valence-corrected chi connectivity index (χ1v) is 8.81. The summed E-state index contributed by atoms with van der Waals surface area (Å²) in [6.45, 7) is 0. The first-order valence-electron chi connectivity index (χ1n) is 8.01. The van der Waals surface area contributed by atoms with Crippen molar-refractivity contribution in [2.24, 2.45) is 23.2 Å². The maximum atomic E-state index is 14.0. The van der Waals surface area contributed by atoms with E-state index in [2.05, 4.69) is 15.9 Å². The largest absolute Gasteiger partial charge is 0.299 e. The second-order valence-corrected chi connectivity index (χ2v) is 8.45. The summed E-state index contributed by atoms with van der Waals surface area (Å²) in [5.41, 5.74) is 0.438. The molecule has 0 aliphatic heterocycles. The standard InChI is InChI=1S/C18H20BrFO/c19-15-2-1-14(16(20)7-15)6-17(21)18-8-11-3-12(9-18)5-13(4-11)10-18/h1-2,7,11-13H,3-6,8-10H2. The zero-order valence-corrected chi connectivity index (χ0v) is 13.7. The third-order valence-electron chi connectivity index (χ3n) is 6.00. The quantitative estimate of drug-likeness (QED) is 0.756. The van der Waals surface area contributed by atoms with Crippen LogP contribution in [0, 0.1) is 29.0 Å². The molecule has 112 valence electrons. The molecule has 4 aliphatic carbocycles. The summed E-state index contributed by atoms with van der Waals surface area (Å²) < 4.78 is 14.7. The van der Waals surface area contributed by atoms with Crippen molar-refractivity contribution in [2.45, 2.75) is 44.9 Å². The number of carbonyl (C=O) groups excluding carboxylic acids is 1. The molecule has 4 saturated carbocycles. The summed E-state index contributed by atoms with van der Waals surface area (Å²) in [5, 5.41) is 0. The molecule has 4 fully saturated rings. The molecule has 1 aromatic carbocycles. The van der Waals surface area contributed by atoms with Crippen molar-refractivity contribution in [1.29, 1.82) is 0 Å². The second kappa shape index (κ2) is 4.91. The van der Waals surface area contributed by atoms with Crippen molar-refractivity contribution in [2.75, 3.05) is 0 Å². The molecule has 5 rings (SSSR count). The Balaban J connectivity index is 1.57. The zero-order valence-electron chi connectivity index (χ0n) is 12.1. The normalized spacial score (nSPS) is 37.0. The Morgan fingerprint density at radius 3 is 2.24 bits per heavy atom. The van der Waals surface area contributed by atoms with E-state index < -0.39 is 0 Å². The van der Waals surface area contributed by atoms with Crippen LogP contribution in [0.1, 0.15) is 44.1 Å². The average Bonchev–Trinajstić information content (AvgIpc) is 2.40.